The first-order valence-corrected chi connectivity index (χ1v) is 8.26. The number of methoxy groups -OCH3 is 2. The van der Waals surface area contributed by atoms with Crippen molar-refractivity contribution >= 4 is 22.8 Å². The highest BCUT2D eigenvalue weighted by atomic mass is 19.1. The molecule has 0 bridgehead atoms. The van der Waals surface area contributed by atoms with Gasteiger partial charge in [-0.25, -0.2) is 9.37 Å². The number of carbonyl (C=O) groups is 1. The van der Waals surface area contributed by atoms with Crippen molar-refractivity contribution in [2.24, 2.45) is 5.92 Å². The number of nitrogens with zero attached hydrogens (tertiary/aromatic N) is 1. The monoisotopic (exact) mass is 355 g/mol. The van der Waals surface area contributed by atoms with Crippen LogP contribution in [0.1, 0.15) is 6.42 Å². The van der Waals surface area contributed by atoms with Crippen molar-refractivity contribution < 1.29 is 18.7 Å². The average molecular weight is 355 g/mol. The number of fused-ring (bicyclic) bond motifs is 1. The second-order valence-electron chi connectivity index (χ2n) is 6.18. The maximum atomic E-state index is 13.0. The van der Waals surface area contributed by atoms with Crippen LogP contribution in [0.4, 0.5) is 10.2 Å². The van der Waals surface area contributed by atoms with E-state index < -0.39 is 12.1 Å². The molecule has 1 amide bonds. The molecular formula is C19H18FN3O3. The molecule has 1 aliphatic rings. The molecule has 1 aromatic carbocycles. The van der Waals surface area contributed by atoms with E-state index in [1.165, 1.54) is 0 Å². The van der Waals surface area contributed by atoms with Gasteiger partial charge in [0.05, 0.1) is 25.7 Å². The van der Waals surface area contributed by atoms with Crippen molar-refractivity contribution in [1.82, 2.24) is 9.97 Å². The Morgan fingerprint density at radius 1 is 1.23 bits per heavy atom. The SMILES string of the molecule is COc1cccc(OC)c1-c1c[nH]c2nc(NC(=O)[C@@H]3C[C@@H]3F)ccc12. The molecule has 0 spiro atoms. The lowest BCUT2D eigenvalue weighted by molar-refractivity contribution is -0.117. The van der Waals surface area contributed by atoms with Gasteiger partial charge in [0, 0.05) is 17.1 Å². The summed E-state index contributed by atoms with van der Waals surface area (Å²) in [5.41, 5.74) is 2.31. The van der Waals surface area contributed by atoms with Gasteiger partial charge in [-0.3, -0.25) is 4.79 Å². The van der Waals surface area contributed by atoms with Gasteiger partial charge in [-0.15, -0.1) is 0 Å². The highest BCUT2D eigenvalue weighted by Crippen LogP contribution is 2.41. The van der Waals surface area contributed by atoms with Gasteiger partial charge in [0.15, 0.2) is 0 Å². The molecule has 0 aliphatic heterocycles. The Morgan fingerprint density at radius 2 is 1.92 bits per heavy atom. The molecule has 2 heterocycles. The standard InChI is InChI=1S/C19H18FN3O3/c1-25-14-4-3-5-15(26-2)17(14)12-9-21-18-10(12)6-7-16(22-18)23-19(24)11-8-13(11)20/h3-7,9,11,13H,8H2,1-2H3,(H2,21,22,23,24)/t11-,13+/m1/s1. The number of amides is 1. The average Bonchev–Trinajstić information content (AvgIpc) is 3.25. The van der Waals surface area contributed by atoms with Gasteiger partial charge in [0.25, 0.3) is 0 Å². The van der Waals surface area contributed by atoms with Crippen molar-refractivity contribution in [2.75, 3.05) is 19.5 Å². The van der Waals surface area contributed by atoms with Crippen LogP contribution >= 0.6 is 0 Å². The zero-order valence-electron chi connectivity index (χ0n) is 14.4. The number of alkyl halides is 1. The van der Waals surface area contributed by atoms with E-state index in [4.69, 9.17) is 9.47 Å². The van der Waals surface area contributed by atoms with Gasteiger partial charge in [-0.1, -0.05) is 6.07 Å². The lowest BCUT2D eigenvalue weighted by atomic mass is 10.0. The fourth-order valence-electron chi connectivity index (χ4n) is 3.05. The Bertz CT molecular complexity index is 963. The minimum atomic E-state index is -1.03. The zero-order chi connectivity index (χ0) is 18.3. The summed E-state index contributed by atoms with van der Waals surface area (Å²) in [5, 5.41) is 3.52. The molecule has 1 fully saturated rings. The maximum Gasteiger partial charge on any atom is 0.231 e. The number of benzene rings is 1. The van der Waals surface area contributed by atoms with Crippen molar-refractivity contribution in [3.63, 3.8) is 0 Å². The molecule has 6 nitrogen and oxygen atoms in total. The van der Waals surface area contributed by atoms with Crippen molar-refractivity contribution in [3.8, 4) is 22.6 Å². The molecule has 1 aliphatic carbocycles. The van der Waals surface area contributed by atoms with Crippen molar-refractivity contribution in [3.05, 3.63) is 36.5 Å². The van der Waals surface area contributed by atoms with Crippen LogP contribution in [0.2, 0.25) is 0 Å². The number of pyridine rings is 1. The third-order valence-electron chi connectivity index (χ3n) is 4.54. The number of H-pyrrole nitrogens is 1. The second kappa shape index (κ2) is 6.33. The maximum absolute atomic E-state index is 13.0. The Morgan fingerprint density at radius 3 is 2.54 bits per heavy atom. The van der Waals surface area contributed by atoms with Gasteiger partial charge >= 0.3 is 0 Å². The third kappa shape index (κ3) is 2.75. The van der Waals surface area contributed by atoms with Crippen molar-refractivity contribution in [2.45, 2.75) is 12.6 Å². The Labute approximate surface area is 149 Å². The van der Waals surface area contributed by atoms with Crippen LogP contribution < -0.4 is 14.8 Å². The minimum Gasteiger partial charge on any atom is -0.496 e. The van der Waals surface area contributed by atoms with E-state index >= 15 is 0 Å². The normalized spacial score (nSPS) is 18.6. The largest absolute Gasteiger partial charge is 0.496 e. The first-order chi connectivity index (χ1) is 12.6. The van der Waals surface area contributed by atoms with Crippen LogP contribution in [0, 0.1) is 5.92 Å². The molecule has 2 atom stereocenters. The molecule has 0 unspecified atom stereocenters. The third-order valence-corrected chi connectivity index (χ3v) is 4.54. The van der Waals surface area contributed by atoms with Gasteiger partial charge < -0.3 is 19.8 Å². The molecular weight excluding hydrogens is 337 g/mol. The minimum absolute atomic E-state index is 0.286. The van der Waals surface area contributed by atoms with Crippen LogP contribution in [0.3, 0.4) is 0 Å². The molecule has 2 aromatic heterocycles. The zero-order valence-corrected chi connectivity index (χ0v) is 14.4. The van der Waals surface area contributed by atoms with Gasteiger partial charge in [-0.2, -0.15) is 0 Å². The van der Waals surface area contributed by atoms with Crippen LogP contribution in [0.5, 0.6) is 11.5 Å². The fourth-order valence-corrected chi connectivity index (χ4v) is 3.05. The number of carbonyl (C=O) groups excluding carboxylic acids is 1. The highest BCUT2D eigenvalue weighted by Gasteiger charge is 2.43. The topological polar surface area (TPSA) is 76.2 Å². The summed E-state index contributed by atoms with van der Waals surface area (Å²) in [5.74, 6) is 0.879. The van der Waals surface area contributed by atoms with Gasteiger partial charge in [0.1, 0.15) is 29.1 Å². The summed E-state index contributed by atoms with van der Waals surface area (Å²) >= 11 is 0. The quantitative estimate of drug-likeness (QED) is 0.734. The molecule has 2 N–H and O–H groups in total. The number of aromatic amines is 1. The van der Waals surface area contributed by atoms with Crippen LogP contribution in [-0.2, 0) is 4.79 Å². The first kappa shape index (κ1) is 16.4. The van der Waals surface area contributed by atoms with Crippen LogP contribution in [0.25, 0.3) is 22.2 Å². The number of nitrogens with one attached hydrogen (secondary N) is 2. The van der Waals surface area contributed by atoms with E-state index in [9.17, 15) is 9.18 Å². The van der Waals surface area contributed by atoms with E-state index in [1.54, 1.807) is 20.3 Å². The number of rotatable bonds is 5. The summed E-state index contributed by atoms with van der Waals surface area (Å²) in [7, 11) is 3.21. The molecule has 0 saturated heterocycles. The number of hydrogen-bond acceptors (Lipinski definition) is 4. The van der Waals surface area contributed by atoms with E-state index in [-0.39, 0.29) is 12.3 Å². The Hall–Kier alpha value is -3.09. The molecule has 1 saturated carbocycles. The molecule has 7 heteroatoms. The number of anilines is 1. The highest BCUT2D eigenvalue weighted by molar-refractivity contribution is 5.99. The van der Waals surface area contributed by atoms with Crippen molar-refractivity contribution in [1.29, 1.82) is 0 Å². The van der Waals surface area contributed by atoms with E-state index in [0.717, 1.165) is 16.5 Å². The second-order valence-corrected chi connectivity index (χ2v) is 6.18. The number of aromatic nitrogens is 2. The molecule has 0 radical (unpaired) electrons. The summed E-state index contributed by atoms with van der Waals surface area (Å²) < 4.78 is 24.0. The summed E-state index contributed by atoms with van der Waals surface area (Å²) in [4.78, 5) is 19.4. The molecule has 4 rings (SSSR count). The number of ether oxygens (including phenoxy) is 2. The fraction of sp³-hybridized carbons (Fsp3) is 0.263. The first-order valence-electron chi connectivity index (χ1n) is 8.26. The lowest BCUT2D eigenvalue weighted by Gasteiger charge is -2.12. The molecule has 3 aromatic rings. The van der Waals surface area contributed by atoms with E-state index in [1.807, 2.05) is 30.5 Å². The van der Waals surface area contributed by atoms with Crippen LogP contribution in [-0.4, -0.2) is 36.3 Å². The summed E-state index contributed by atoms with van der Waals surface area (Å²) in [6.45, 7) is 0. The van der Waals surface area contributed by atoms with E-state index in [0.29, 0.717) is 23.0 Å². The Balaban J connectivity index is 1.72. The van der Waals surface area contributed by atoms with E-state index in [2.05, 4.69) is 15.3 Å². The predicted octanol–water partition coefficient (Wildman–Crippen LogP) is 3.54. The Kier molecular flexibility index (Phi) is 3.99. The molecule has 134 valence electrons. The molecule has 26 heavy (non-hydrogen) atoms. The number of halogens is 1. The van der Waals surface area contributed by atoms with Crippen LogP contribution in [0.15, 0.2) is 36.5 Å². The smallest absolute Gasteiger partial charge is 0.231 e. The van der Waals surface area contributed by atoms with Gasteiger partial charge in [0.2, 0.25) is 5.91 Å². The lowest BCUT2D eigenvalue weighted by Crippen LogP contribution is -2.15. The summed E-state index contributed by atoms with van der Waals surface area (Å²) in [6, 6.07) is 9.14. The number of hydrogen-bond donors (Lipinski definition) is 2. The summed E-state index contributed by atoms with van der Waals surface area (Å²) in [6.07, 6.45) is 1.07. The predicted molar refractivity (Wildman–Crippen MR) is 96.3 cm³/mol. The van der Waals surface area contributed by atoms with Gasteiger partial charge in [-0.05, 0) is 30.7 Å².